The number of carbonyl (C=O) groups is 1. The van der Waals surface area contributed by atoms with Gasteiger partial charge in [0.15, 0.2) is 0 Å². The Hall–Kier alpha value is -1.56. The van der Waals surface area contributed by atoms with Gasteiger partial charge in [-0.2, -0.15) is 5.10 Å². The summed E-state index contributed by atoms with van der Waals surface area (Å²) in [5.74, 6) is -0.146. The highest BCUT2D eigenvalue weighted by Crippen LogP contribution is 2.21. The summed E-state index contributed by atoms with van der Waals surface area (Å²) in [6.45, 7) is 8.66. The summed E-state index contributed by atoms with van der Waals surface area (Å²) >= 11 is 0. The van der Waals surface area contributed by atoms with Gasteiger partial charge >= 0.3 is 0 Å². The van der Waals surface area contributed by atoms with Gasteiger partial charge in [0.25, 0.3) is 5.91 Å². The van der Waals surface area contributed by atoms with Crippen LogP contribution in [0.2, 0.25) is 0 Å². The van der Waals surface area contributed by atoms with Crippen LogP contribution < -0.4 is 5.73 Å². The maximum Gasteiger partial charge on any atom is 0.274 e. The Bertz CT molecular complexity index is 452. The number of aryl methyl sites for hydroxylation is 2. The molecule has 0 bridgehead atoms. The van der Waals surface area contributed by atoms with E-state index in [0.29, 0.717) is 30.2 Å². The van der Waals surface area contributed by atoms with Gasteiger partial charge in [-0.25, -0.2) is 0 Å². The fraction of sp³-hybridized carbons (Fsp3) is 0.714. The van der Waals surface area contributed by atoms with Crippen LogP contribution in [0, 0.1) is 6.92 Å². The topological polar surface area (TPSA) is 84.4 Å². The second-order valence-corrected chi connectivity index (χ2v) is 4.86. The number of nitrogen functional groups attached to an aromatic ring is 1. The molecule has 1 aromatic heterocycles. The summed E-state index contributed by atoms with van der Waals surface area (Å²) in [4.78, 5) is 14.5. The highest BCUT2D eigenvalue weighted by atomic mass is 16.3. The van der Waals surface area contributed by atoms with Crippen molar-refractivity contribution >= 4 is 11.6 Å². The number of aromatic nitrogens is 2. The molecule has 1 rings (SSSR count). The quantitative estimate of drug-likeness (QED) is 0.792. The minimum absolute atomic E-state index is 0.0542. The highest BCUT2D eigenvalue weighted by Gasteiger charge is 2.27. The number of amides is 1. The van der Waals surface area contributed by atoms with Gasteiger partial charge in [0.1, 0.15) is 5.69 Å². The molecule has 0 saturated heterocycles. The molecule has 1 amide bonds. The fourth-order valence-electron chi connectivity index (χ4n) is 2.47. The summed E-state index contributed by atoms with van der Waals surface area (Å²) < 4.78 is 1.64. The first-order valence-corrected chi connectivity index (χ1v) is 7.26. The minimum atomic E-state index is -0.146. The SMILES string of the molecule is CCC(CC)N(CCO)C(=O)c1c(N)c(C)nn1CC. The molecule has 1 heterocycles. The van der Waals surface area contributed by atoms with E-state index < -0.39 is 0 Å². The lowest BCUT2D eigenvalue weighted by Crippen LogP contribution is -2.42. The highest BCUT2D eigenvalue weighted by molar-refractivity contribution is 5.98. The first-order valence-electron chi connectivity index (χ1n) is 7.26. The van der Waals surface area contributed by atoms with Gasteiger partial charge in [-0.15, -0.1) is 0 Å². The van der Waals surface area contributed by atoms with Gasteiger partial charge in [-0.3, -0.25) is 9.48 Å². The van der Waals surface area contributed by atoms with Gasteiger partial charge in [0, 0.05) is 19.1 Å². The van der Waals surface area contributed by atoms with Crippen LogP contribution in [0.5, 0.6) is 0 Å². The molecule has 0 aromatic carbocycles. The van der Waals surface area contributed by atoms with E-state index in [-0.39, 0.29) is 18.6 Å². The normalized spacial score (nSPS) is 11.1. The van der Waals surface area contributed by atoms with Gasteiger partial charge in [-0.05, 0) is 26.7 Å². The van der Waals surface area contributed by atoms with Crippen molar-refractivity contribution in [3.8, 4) is 0 Å². The van der Waals surface area contributed by atoms with Crippen LogP contribution in [0.1, 0.15) is 49.8 Å². The predicted molar refractivity (Wildman–Crippen MR) is 79.5 cm³/mol. The molecule has 0 unspecified atom stereocenters. The molecule has 6 heteroatoms. The maximum atomic E-state index is 12.8. The molecule has 6 nitrogen and oxygen atoms in total. The van der Waals surface area contributed by atoms with Crippen molar-refractivity contribution in [2.24, 2.45) is 0 Å². The predicted octanol–water partition coefficient (Wildman–Crippen LogP) is 1.42. The number of rotatable bonds is 7. The number of carbonyl (C=O) groups excluding carboxylic acids is 1. The third kappa shape index (κ3) is 3.12. The van der Waals surface area contributed by atoms with Crippen molar-refractivity contribution in [1.29, 1.82) is 0 Å². The van der Waals surface area contributed by atoms with E-state index in [4.69, 9.17) is 5.73 Å². The number of aliphatic hydroxyl groups is 1. The van der Waals surface area contributed by atoms with Crippen molar-refractivity contribution < 1.29 is 9.90 Å². The number of nitrogens with zero attached hydrogens (tertiary/aromatic N) is 3. The van der Waals surface area contributed by atoms with E-state index in [1.54, 1.807) is 16.5 Å². The van der Waals surface area contributed by atoms with Crippen LogP contribution in [0.15, 0.2) is 0 Å². The Kier molecular flexibility index (Phi) is 6.01. The van der Waals surface area contributed by atoms with E-state index in [0.717, 1.165) is 12.8 Å². The number of hydrogen-bond donors (Lipinski definition) is 2. The lowest BCUT2D eigenvalue weighted by Gasteiger charge is -2.30. The summed E-state index contributed by atoms with van der Waals surface area (Å²) in [5, 5.41) is 13.5. The smallest absolute Gasteiger partial charge is 0.274 e. The van der Waals surface area contributed by atoms with Crippen LogP contribution in [0.25, 0.3) is 0 Å². The molecule has 0 aliphatic rings. The molecule has 1 aromatic rings. The third-order valence-corrected chi connectivity index (χ3v) is 3.66. The molecule has 0 saturated carbocycles. The van der Waals surface area contributed by atoms with E-state index in [2.05, 4.69) is 5.10 Å². The first kappa shape index (κ1) is 16.5. The third-order valence-electron chi connectivity index (χ3n) is 3.66. The van der Waals surface area contributed by atoms with E-state index in [9.17, 15) is 9.90 Å². The molecule has 3 N–H and O–H groups in total. The average molecular weight is 282 g/mol. The zero-order valence-corrected chi connectivity index (χ0v) is 12.9. The van der Waals surface area contributed by atoms with E-state index in [1.807, 2.05) is 20.8 Å². The molecular formula is C14H26N4O2. The molecule has 114 valence electrons. The van der Waals surface area contributed by atoms with Gasteiger partial charge < -0.3 is 15.7 Å². The first-order chi connectivity index (χ1) is 9.51. The van der Waals surface area contributed by atoms with Crippen molar-refractivity contribution in [2.75, 3.05) is 18.9 Å². The standard InChI is InChI=1S/C14H26N4O2/c1-5-11(6-2)17(8-9-19)14(20)13-12(15)10(4)16-18(13)7-3/h11,19H,5-9,15H2,1-4H3. The number of hydrogen-bond acceptors (Lipinski definition) is 4. The number of anilines is 1. The van der Waals surface area contributed by atoms with Gasteiger partial charge in [-0.1, -0.05) is 13.8 Å². The number of nitrogens with two attached hydrogens (primary N) is 1. The molecule has 0 atom stereocenters. The lowest BCUT2D eigenvalue weighted by molar-refractivity contribution is 0.0611. The van der Waals surface area contributed by atoms with Crippen LogP contribution in [0.4, 0.5) is 5.69 Å². The molecule has 0 spiro atoms. The summed E-state index contributed by atoms with van der Waals surface area (Å²) in [5.41, 5.74) is 7.55. The average Bonchev–Trinajstić information content (AvgIpc) is 2.74. The van der Waals surface area contributed by atoms with Crippen molar-refractivity contribution in [3.63, 3.8) is 0 Å². The largest absolute Gasteiger partial charge is 0.395 e. The molecular weight excluding hydrogens is 256 g/mol. The Balaban J connectivity index is 3.18. The van der Waals surface area contributed by atoms with Gasteiger partial charge in [0.05, 0.1) is 18.0 Å². The lowest BCUT2D eigenvalue weighted by atomic mass is 10.1. The van der Waals surface area contributed by atoms with Crippen molar-refractivity contribution in [2.45, 2.75) is 53.1 Å². The van der Waals surface area contributed by atoms with Crippen LogP contribution in [0.3, 0.4) is 0 Å². The van der Waals surface area contributed by atoms with E-state index in [1.165, 1.54) is 0 Å². The Morgan fingerprint density at radius 3 is 2.45 bits per heavy atom. The second-order valence-electron chi connectivity index (χ2n) is 4.86. The van der Waals surface area contributed by atoms with E-state index >= 15 is 0 Å². The van der Waals surface area contributed by atoms with Crippen LogP contribution in [-0.2, 0) is 6.54 Å². The summed E-state index contributed by atoms with van der Waals surface area (Å²) in [6.07, 6.45) is 1.70. The van der Waals surface area contributed by atoms with Gasteiger partial charge in [0.2, 0.25) is 0 Å². The van der Waals surface area contributed by atoms with Crippen molar-refractivity contribution in [1.82, 2.24) is 14.7 Å². The minimum Gasteiger partial charge on any atom is -0.395 e. The summed E-state index contributed by atoms with van der Waals surface area (Å²) in [6, 6.07) is 0.106. The zero-order chi connectivity index (χ0) is 15.3. The Morgan fingerprint density at radius 1 is 1.40 bits per heavy atom. The summed E-state index contributed by atoms with van der Waals surface area (Å²) in [7, 11) is 0. The fourth-order valence-corrected chi connectivity index (χ4v) is 2.47. The van der Waals surface area contributed by atoms with Crippen molar-refractivity contribution in [3.05, 3.63) is 11.4 Å². The Morgan fingerprint density at radius 2 is 2.00 bits per heavy atom. The molecule has 0 radical (unpaired) electrons. The second kappa shape index (κ2) is 7.28. The molecule has 0 aliphatic heterocycles. The van der Waals surface area contributed by atoms with Crippen LogP contribution >= 0.6 is 0 Å². The zero-order valence-electron chi connectivity index (χ0n) is 12.9. The number of aliphatic hydroxyl groups excluding tert-OH is 1. The monoisotopic (exact) mass is 282 g/mol. The molecule has 20 heavy (non-hydrogen) atoms. The van der Waals surface area contributed by atoms with Crippen LogP contribution in [-0.4, -0.2) is 44.9 Å². The Labute approximate surface area is 120 Å². The molecule has 0 fully saturated rings. The molecule has 0 aliphatic carbocycles. The maximum absolute atomic E-state index is 12.8.